The molecule has 0 aliphatic carbocycles. The van der Waals surface area contributed by atoms with Crippen LogP contribution >= 0.6 is 15.9 Å². The molecule has 1 aromatic rings. The molecule has 1 atom stereocenters. The lowest BCUT2D eigenvalue weighted by atomic mass is 10.1. The summed E-state index contributed by atoms with van der Waals surface area (Å²) < 4.78 is 27.7. The van der Waals surface area contributed by atoms with E-state index in [1.54, 1.807) is 12.1 Å². The van der Waals surface area contributed by atoms with Crippen LogP contribution in [0.1, 0.15) is 56.3 Å². The van der Waals surface area contributed by atoms with Crippen LogP contribution in [0.4, 0.5) is 0 Å². The standard InChI is InChI=1S/C17H25BrN2O3S/c1-3-7-13(2)19-17(21)15-12-14(8-9-16(15)18)24(22,23)20-10-5-4-6-11-20/h8-9,12-13H,3-7,10-11H2,1-2H3,(H,19,21)/t13-/m1/s1. The summed E-state index contributed by atoms with van der Waals surface area (Å²) >= 11 is 3.35. The van der Waals surface area contributed by atoms with Gasteiger partial charge in [-0.15, -0.1) is 0 Å². The summed E-state index contributed by atoms with van der Waals surface area (Å²) in [6.45, 7) is 5.11. The Balaban J connectivity index is 2.26. The quantitative estimate of drug-likeness (QED) is 0.770. The molecular formula is C17H25BrN2O3S. The Bertz CT molecular complexity index is 685. The van der Waals surface area contributed by atoms with Crippen molar-refractivity contribution in [3.8, 4) is 0 Å². The van der Waals surface area contributed by atoms with E-state index >= 15 is 0 Å². The lowest BCUT2D eigenvalue weighted by Crippen LogP contribution is -2.36. The minimum absolute atomic E-state index is 0.0526. The molecule has 7 heteroatoms. The molecule has 0 aromatic heterocycles. The molecule has 1 fully saturated rings. The molecule has 1 N–H and O–H groups in total. The summed E-state index contributed by atoms with van der Waals surface area (Å²) in [5.74, 6) is -0.251. The fourth-order valence-corrected chi connectivity index (χ4v) is 4.87. The van der Waals surface area contributed by atoms with E-state index in [0.717, 1.165) is 32.1 Å². The highest BCUT2D eigenvalue weighted by molar-refractivity contribution is 9.10. The average Bonchev–Trinajstić information content (AvgIpc) is 2.56. The van der Waals surface area contributed by atoms with E-state index in [2.05, 4.69) is 28.2 Å². The molecular weight excluding hydrogens is 392 g/mol. The predicted octanol–water partition coefficient (Wildman–Crippen LogP) is 3.54. The first-order valence-corrected chi connectivity index (χ1v) is 10.7. The van der Waals surface area contributed by atoms with Crippen LogP contribution in [-0.4, -0.2) is 37.8 Å². The van der Waals surface area contributed by atoms with Gasteiger partial charge >= 0.3 is 0 Å². The van der Waals surface area contributed by atoms with Crippen molar-refractivity contribution in [2.45, 2.75) is 56.9 Å². The monoisotopic (exact) mass is 416 g/mol. The zero-order valence-electron chi connectivity index (χ0n) is 14.2. The van der Waals surface area contributed by atoms with Crippen molar-refractivity contribution in [3.63, 3.8) is 0 Å². The van der Waals surface area contributed by atoms with E-state index in [0.29, 0.717) is 23.1 Å². The lowest BCUT2D eigenvalue weighted by Gasteiger charge is -2.26. The second kappa shape index (κ2) is 8.45. The molecule has 1 heterocycles. The van der Waals surface area contributed by atoms with Gasteiger partial charge in [-0.05, 0) is 60.3 Å². The highest BCUT2D eigenvalue weighted by atomic mass is 79.9. The summed E-state index contributed by atoms with van der Waals surface area (Å²) in [4.78, 5) is 12.6. The SMILES string of the molecule is CCC[C@@H](C)NC(=O)c1cc(S(=O)(=O)N2CCCCC2)ccc1Br. The highest BCUT2D eigenvalue weighted by Gasteiger charge is 2.27. The molecule has 1 aromatic carbocycles. The van der Waals surface area contributed by atoms with Gasteiger partial charge in [0.1, 0.15) is 0 Å². The molecule has 134 valence electrons. The maximum Gasteiger partial charge on any atom is 0.252 e. The van der Waals surface area contributed by atoms with E-state index < -0.39 is 10.0 Å². The largest absolute Gasteiger partial charge is 0.350 e. The van der Waals surface area contributed by atoms with Crippen LogP contribution in [0.3, 0.4) is 0 Å². The second-order valence-electron chi connectivity index (χ2n) is 6.27. The molecule has 0 bridgehead atoms. The molecule has 0 radical (unpaired) electrons. The predicted molar refractivity (Wildman–Crippen MR) is 98.6 cm³/mol. The Hall–Kier alpha value is -0.920. The maximum atomic E-state index is 12.8. The molecule has 0 spiro atoms. The number of hydrogen-bond donors (Lipinski definition) is 1. The van der Waals surface area contributed by atoms with E-state index in [1.807, 2.05) is 6.92 Å². The molecule has 5 nitrogen and oxygen atoms in total. The van der Waals surface area contributed by atoms with Crippen molar-refractivity contribution < 1.29 is 13.2 Å². The van der Waals surface area contributed by atoms with Gasteiger partial charge in [-0.25, -0.2) is 8.42 Å². The Kier molecular flexibility index (Phi) is 6.83. The first-order valence-electron chi connectivity index (χ1n) is 8.47. The third-order valence-electron chi connectivity index (χ3n) is 4.23. The van der Waals surface area contributed by atoms with Gasteiger partial charge < -0.3 is 5.32 Å². The minimum Gasteiger partial charge on any atom is -0.350 e. The lowest BCUT2D eigenvalue weighted by molar-refractivity contribution is 0.0937. The Labute approximate surface area is 153 Å². The first-order chi connectivity index (χ1) is 11.4. The van der Waals surface area contributed by atoms with Gasteiger partial charge in [-0.2, -0.15) is 4.31 Å². The van der Waals surface area contributed by atoms with Gasteiger partial charge in [0.2, 0.25) is 10.0 Å². The smallest absolute Gasteiger partial charge is 0.252 e. The van der Waals surface area contributed by atoms with Crippen LogP contribution in [-0.2, 0) is 10.0 Å². The molecule has 0 unspecified atom stereocenters. The zero-order chi connectivity index (χ0) is 17.7. The summed E-state index contributed by atoms with van der Waals surface area (Å²) in [7, 11) is -3.54. The number of carbonyl (C=O) groups is 1. The summed E-state index contributed by atoms with van der Waals surface area (Å²) in [5, 5.41) is 2.92. The molecule has 1 aliphatic rings. The van der Waals surface area contributed by atoms with Crippen LogP contribution in [0, 0.1) is 0 Å². The number of carbonyl (C=O) groups excluding carboxylic acids is 1. The van der Waals surface area contributed by atoms with E-state index in [-0.39, 0.29) is 16.8 Å². The fraction of sp³-hybridized carbons (Fsp3) is 0.588. The Morgan fingerprint density at radius 1 is 1.29 bits per heavy atom. The van der Waals surface area contributed by atoms with Gasteiger partial charge in [0.05, 0.1) is 10.5 Å². The van der Waals surface area contributed by atoms with Gasteiger partial charge in [-0.1, -0.05) is 19.8 Å². The van der Waals surface area contributed by atoms with Gasteiger partial charge in [0.25, 0.3) is 5.91 Å². The van der Waals surface area contributed by atoms with Crippen LogP contribution in [0.25, 0.3) is 0 Å². The van der Waals surface area contributed by atoms with Crippen molar-refractivity contribution in [2.24, 2.45) is 0 Å². The number of benzene rings is 1. The van der Waals surface area contributed by atoms with E-state index in [4.69, 9.17) is 0 Å². The van der Waals surface area contributed by atoms with Gasteiger partial charge in [0.15, 0.2) is 0 Å². The number of piperidine rings is 1. The van der Waals surface area contributed by atoms with E-state index in [9.17, 15) is 13.2 Å². The van der Waals surface area contributed by atoms with Crippen molar-refractivity contribution in [3.05, 3.63) is 28.2 Å². The van der Waals surface area contributed by atoms with E-state index in [1.165, 1.54) is 10.4 Å². The van der Waals surface area contributed by atoms with Gasteiger partial charge in [-0.3, -0.25) is 4.79 Å². The molecule has 0 saturated carbocycles. The number of rotatable bonds is 6. The second-order valence-corrected chi connectivity index (χ2v) is 9.06. The van der Waals surface area contributed by atoms with Crippen LogP contribution in [0.15, 0.2) is 27.6 Å². The van der Waals surface area contributed by atoms with Crippen molar-refractivity contribution >= 4 is 31.9 Å². The molecule has 2 rings (SSSR count). The number of amides is 1. The minimum atomic E-state index is -3.54. The molecule has 1 amide bonds. The maximum absolute atomic E-state index is 12.8. The third-order valence-corrected chi connectivity index (χ3v) is 6.82. The van der Waals surface area contributed by atoms with Crippen LogP contribution in [0.5, 0.6) is 0 Å². The van der Waals surface area contributed by atoms with Crippen LogP contribution < -0.4 is 5.32 Å². The van der Waals surface area contributed by atoms with Crippen molar-refractivity contribution in [1.82, 2.24) is 9.62 Å². The third kappa shape index (κ3) is 4.58. The number of hydrogen-bond acceptors (Lipinski definition) is 3. The summed E-state index contributed by atoms with van der Waals surface area (Å²) in [5.41, 5.74) is 0.357. The normalized spacial score (nSPS) is 17.5. The number of sulfonamides is 1. The summed E-state index contributed by atoms with van der Waals surface area (Å²) in [6.07, 6.45) is 4.70. The Morgan fingerprint density at radius 3 is 2.58 bits per heavy atom. The van der Waals surface area contributed by atoms with Crippen LogP contribution in [0.2, 0.25) is 0 Å². The molecule has 1 aliphatic heterocycles. The Morgan fingerprint density at radius 2 is 1.96 bits per heavy atom. The molecule has 1 saturated heterocycles. The highest BCUT2D eigenvalue weighted by Crippen LogP contribution is 2.25. The summed E-state index contributed by atoms with van der Waals surface area (Å²) in [6, 6.07) is 4.72. The molecule has 24 heavy (non-hydrogen) atoms. The van der Waals surface area contributed by atoms with Crippen molar-refractivity contribution in [1.29, 1.82) is 0 Å². The number of halogens is 1. The fourth-order valence-electron chi connectivity index (χ4n) is 2.90. The zero-order valence-corrected chi connectivity index (χ0v) is 16.6. The number of nitrogens with one attached hydrogen (secondary N) is 1. The number of nitrogens with zero attached hydrogens (tertiary/aromatic N) is 1. The van der Waals surface area contributed by atoms with Crippen molar-refractivity contribution in [2.75, 3.05) is 13.1 Å². The van der Waals surface area contributed by atoms with Gasteiger partial charge in [0, 0.05) is 23.6 Å². The topological polar surface area (TPSA) is 66.5 Å². The first kappa shape index (κ1) is 19.4. The average molecular weight is 417 g/mol.